The Morgan fingerprint density at radius 1 is 1.13 bits per heavy atom. The van der Waals surface area contributed by atoms with E-state index in [1.807, 2.05) is 46.8 Å². The molecule has 0 bridgehead atoms. The van der Waals surface area contributed by atoms with Crippen LogP contribution in [-0.2, 0) is 4.74 Å². The van der Waals surface area contributed by atoms with Gasteiger partial charge in [-0.15, -0.1) is 0 Å². The Balaban J connectivity index is 0.00000154. The second kappa shape index (κ2) is 16.9. The molecule has 2 rings (SSSR count). The van der Waals surface area contributed by atoms with Crippen molar-refractivity contribution in [1.82, 2.24) is 0 Å². The molecule has 1 aromatic carbocycles. The predicted molar refractivity (Wildman–Crippen MR) is 131 cm³/mol. The molecule has 1 fully saturated rings. The zero-order valence-electron chi connectivity index (χ0n) is 20.7. The standard InChI is InChI=1S/C23H31FO.C3H8.C2H6/c1-5-8-19(10-7-9-18(4)25-6-2)21-11-12-22(16-21)20-13-14-23(24)17(3)15-20;1-3-2;1-2/h5,8-10,13-15,21-22H,6-7,11-12,16H2,1-4H3;3H2,1-2H3;1-2H3/b8-5-,18-9+,19-10+;;. The number of halogens is 1. The minimum absolute atomic E-state index is 0.107. The Morgan fingerprint density at radius 2 is 1.80 bits per heavy atom. The lowest BCUT2D eigenvalue weighted by Gasteiger charge is -2.14. The number of aryl methyl sites for hydroxylation is 1. The number of ether oxygens (including phenoxy) is 1. The lowest BCUT2D eigenvalue weighted by atomic mass is 9.91. The van der Waals surface area contributed by atoms with E-state index in [1.54, 1.807) is 6.07 Å². The van der Waals surface area contributed by atoms with Gasteiger partial charge >= 0.3 is 0 Å². The maximum Gasteiger partial charge on any atom is 0.126 e. The minimum Gasteiger partial charge on any atom is -0.499 e. The van der Waals surface area contributed by atoms with Crippen LogP contribution in [0.1, 0.15) is 97.6 Å². The fourth-order valence-electron chi connectivity index (χ4n) is 3.72. The highest BCUT2D eigenvalue weighted by Gasteiger charge is 2.27. The van der Waals surface area contributed by atoms with Gasteiger partial charge in [0.05, 0.1) is 12.4 Å². The number of allylic oxidation sites excluding steroid dienone is 6. The molecule has 2 heteroatoms. The molecule has 0 amide bonds. The van der Waals surface area contributed by atoms with Crippen molar-refractivity contribution in [2.24, 2.45) is 5.92 Å². The van der Waals surface area contributed by atoms with E-state index in [1.165, 1.54) is 30.4 Å². The number of rotatable bonds is 7. The molecule has 1 aromatic rings. The third-order valence-corrected chi connectivity index (χ3v) is 5.05. The van der Waals surface area contributed by atoms with Gasteiger partial charge in [0, 0.05) is 0 Å². The smallest absolute Gasteiger partial charge is 0.126 e. The molecule has 30 heavy (non-hydrogen) atoms. The number of hydrogen-bond acceptors (Lipinski definition) is 1. The fraction of sp³-hybridized carbons (Fsp3) is 0.571. The van der Waals surface area contributed by atoms with Gasteiger partial charge in [-0.1, -0.05) is 64.5 Å². The van der Waals surface area contributed by atoms with Crippen molar-refractivity contribution in [3.63, 3.8) is 0 Å². The summed E-state index contributed by atoms with van der Waals surface area (Å²) in [5.41, 5.74) is 3.46. The molecular formula is C28H45FO. The molecule has 2 unspecified atom stereocenters. The molecule has 0 spiro atoms. The van der Waals surface area contributed by atoms with Gasteiger partial charge < -0.3 is 4.74 Å². The van der Waals surface area contributed by atoms with Crippen molar-refractivity contribution in [3.05, 3.63) is 70.8 Å². The third kappa shape index (κ3) is 10.3. The molecule has 0 radical (unpaired) electrons. The van der Waals surface area contributed by atoms with Crippen LogP contribution in [0.5, 0.6) is 0 Å². The van der Waals surface area contributed by atoms with Crippen LogP contribution in [-0.4, -0.2) is 6.61 Å². The average Bonchev–Trinajstić information content (AvgIpc) is 3.22. The Hall–Kier alpha value is -1.83. The summed E-state index contributed by atoms with van der Waals surface area (Å²) >= 11 is 0. The van der Waals surface area contributed by atoms with Crippen molar-refractivity contribution in [3.8, 4) is 0 Å². The van der Waals surface area contributed by atoms with Crippen LogP contribution in [0, 0.1) is 18.7 Å². The topological polar surface area (TPSA) is 9.23 Å². The van der Waals surface area contributed by atoms with Crippen molar-refractivity contribution in [1.29, 1.82) is 0 Å². The first-order valence-electron chi connectivity index (χ1n) is 11.8. The summed E-state index contributed by atoms with van der Waals surface area (Å²) in [5.74, 6) is 2.01. The Bertz CT molecular complexity index is 669. The molecule has 0 aromatic heterocycles. The second-order valence-electron chi connectivity index (χ2n) is 7.61. The highest BCUT2D eigenvalue weighted by molar-refractivity contribution is 5.30. The van der Waals surface area contributed by atoms with Gasteiger partial charge in [-0.2, -0.15) is 0 Å². The zero-order valence-corrected chi connectivity index (χ0v) is 20.7. The van der Waals surface area contributed by atoms with E-state index in [0.29, 0.717) is 11.8 Å². The summed E-state index contributed by atoms with van der Waals surface area (Å²) in [4.78, 5) is 0. The third-order valence-electron chi connectivity index (χ3n) is 5.05. The molecule has 170 valence electrons. The SMILES string of the molecule is C/C=C\C(=C/C/C=C(\C)OCC)C1CCC(c2ccc(F)c(C)c2)C1.CC.CCC. The van der Waals surface area contributed by atoms with Crippen LogP contribution >= 0.6 is 0 Å². The first-order chi connectivity index (χ1) is 14.5. The zero-order chi connectivity index (χ0) is 22.9. The second-order valence-corrected chi connectivity index (χ2v) is 7.61. The minimum atomic E-state index is -0.107. The first kappa shape index (κ1) is 28.2. The molecule has 0 aliphatic heterocycles. The number of benzene rings is 1. The van der Waals surface area contributed by atoms with Gasteiger partial charge in [-0.3, -0.25) is 0 Å². The summed E-state index contributed by atoms with van der Waals surface area (Å²) in [5, 5.41) is 0. The molecule has 1 nitrogen and oxygen atoms in total. The van der Waals surface area contributed by atoms with E-state index in [-0.39, 0.29) is 5.82 Å². The molecule has 0 heterocycles. The lowest BCUT2D eigenvalue weighted by Crippen LogP contribution is -1.99. The maximum absolute atomic E-state index is 13.5. The monoisotopic (exact) mass is 416 g/mol. The van der Waals surface area contributed by atoms with E-state index in [2.05, 4.69) is 45.1 Å². The van der Waals surface area contributed by atoms with E-state index >= 15 is 0 Å². The quantitative estimate of drug-likeness (QED) is 0.318. The maximum atomic E-state index is 13.5. The largest absolute Gasteiger partial charge is 0.499 e. The molecular weight excluding hydrogens is 371 g/mol. The summed E-state index contributed by atoms with van der Waals surface area (Å²) in [6.07, 6.45) is 14.5. The molecule has 1 aliphatic carbocycles. The Morgan fingerprint density at radius 3 is 2.37 bits per heavy atom. The first-order valence-corrected chi connectivity index (χ1v) is 11.8. The Kier molecular flexibility index (Phi) is 15.9. The summed E-state index contributed by atoms with van der Waals surface area (Å²) in [7, 11) is 0. The molecule has 0 saturated heterocycles. The van der Waals surface area contributed by atoms with E-state index in [0.717, 1.165) is 30.8 Å². The van der Waals surface area contributed by atoms with Crippen molar-refractivity contribution in [2.45, 2.75) is 93.4 Å². The van der Waals surface area contributed by atoms with Gasteiger partial charge in [0.1, 0.15) is 5.82 Å². The Labute approximate surface area is 186 Å². The van der Waals surface area contributed by atoms with Crippen LogP contribution in [0.3, 0.4) is 0 Å². The van der Waals surface area contributed by atoms with Crippen LogP contribution in [0.2, 0.25) is 0 Å². The summed E-state index contributed by atoms with van der Waals surface area (Å²) in [6.45, 7) is 16.9. The lowest BCUT2D eigenvalue weighted by molar-refractivity contribution is 0.230. The fourth-order valence-corrected chi connectivity index (χ4v) is 3.72. The van der Waals surface area contributed by atoms with Crippen LogP contribution < -0.4 is 0 Å². The normalized spacial score (nSPS) is 19.1. The van der Waals surface area contributed by atoms with Crippen LogP contribution in [0.15, 0.2) is 53.8 Å². The predicted octanol–water partition coefficient (Wildman–Crippen LogP) is 9.29. The van der Waals surface area contributed by atoms with Gasteiger partial charge in [0.25, 0.3) is 0 Å². The van der Waals surface area contributed by atoms with Crippen molar-refractivity contribution >= 4 is 0 Å². The van der Waals surface area contributed by atoms with E-state index in [9.17, 15) is 4.39 Å². The van der Waals surface area contributed by atoms with Gasteiger partial charge in [0.15, 0.2) is 0 Å². The average molecular weight is 417 g/mol. The molecule has 2 atom stereocenters. The van der Waals surface area contributed by atoms with Gasteiger partial charge in [-0.05, 0) is 94.1 Å². The molecule has 1 aliphatic rings. The molecule has 0 N–H and O–H groups in total. The van der Waals surface area contributed by atoms with Crippen molar-refractivity contribution < 1.29 is 9.13 Å². The van der Waals surface area contributed by atoms with Crippen molar-refractivity contribution in [2.75, 3.05) is 6.61 Å². The van der Waals surface area contributed by atoms with Crippen LogP contribution in [0.25, 0.3) is 0 Å². The summed E-state index contributed by atoms with van der Waals surface area (Å²) in [6, 6.07) is 5.60. The van der Waals surface area contributed by atoms with E-state index in [4.69, 9.17) is 4.74 Å². The van der Waals surface area contributed by atoms with Gasteiger partial charge in [0.2, 0.25) is 0 Å². The highest BCUT2D eigenvalue weighted by Crippen LogP contribution is 2.42. The van der Waals surface area contributed by atoms with Gasteiger partial charge in [-0.25, -0.2) is 4.39 Å². The number of hydrogen-bond donors (Lipinski definition) is 0. The van der Waals surface area contributed by atoms with Crippen LogP contribution in [0.4, 0.5) is 4.39 Å². The molecule has 1 saturated carbocycles. The highest BCUT2D eigenvalue weighted by atomic mass is 19.1. The van der Waals surface area contributed by atoms with E-state index < -0.39 is 0 Å². The summed E-state index contributed by atoms with van der Waals surface area (Å²) < 4.78 is 19.0.